The van der Waals surface area contributed by atoms with Crippen LogP contribution in [-0.4, -0.2) is 30.9 Å². The molecule has 1 aromatic carbocycles. The monoisotopic (exact) mass is 482 g/mol. The van der Waals surface area contributed by atoms with Gasteiger partial charge in [0.25, 0.3) is 5.91 Å². The molecular weight excluding hydrogens is 469 g/mol. The summed E-state index contributed by atoms with van der Waals surface area (Å²) in [5, 5.41) is 20.4. The van der Waals surface area contributed by atoms with Crippen molar-refractivity contribution in [3.63, 3.8) is 0 Å². The summed E-state index contributed by atoms with van der Waals surface area (Å²) in [6, 6.07) is 14.0. The van der Waals surface area contributed by atoms with E-state index in [1.165, 1.54) is 27.6 Å². The van der Waals surface area contributed by atoms with Gasteiger partial charge in [-0.15, -0.1) is 32.9 Å². The maximum absolute atomic E-state index is 12.6. The van der Waals surface area contributed by atoms with Gasteiger partial charge >= 0.3 is 0 Å². The molecule has 154 valence electrons. The van der Waals surface area contributed by atoms with Crippen molar-refractivity contribution in [2.75, 3.05) is 5.32 Å². The van der Waals surface area contributed by atoms with E-state index in [1.807, 2.05) is 42.6 Å². The Labute approximate surface area is 193 Å². The fourth-order valence-corrected chi connectivity index (χ4v) is 5.97. The SMILES string of the molecule is O=C(Nc1nnc(SCc2cccs2)s1)c1csc(-c2cnn(-c3ccccc3)c2)n1. The largest absolute Gasteiger partial charge is 0.295 e. The Morgan fingerprint density at radius 2 is 2.00 bits per heavy atom. The molecule has 0 aliphatic heterocycles. The fraction of sp³-hybridized carbons (Fsp3) is 0.0500. The maximum atomic E-state index is 12.6. The number of hydrogen-bond donors (Lipinski definition) is 1. The second-order valence-corrected chi connectivity index (χ2v) is 10.3. The second-order valence-electron chi connectivity index (χ2n) is 6.24. The van der Waals surface area contributed by atoms with Crippen LogP contribution in [0.4, 0.5) is 5.13 Å². The van der Waals surface area contributed by atoms with Crippen LogP contribution in [0.2, 0.25) is 0 Å². The van der Waals surface area contributed by atoms with Gasteiger partial charge in [-0.1, -0.05) is 47.4 Å². The predicted molar refractivity (Wildman–Crippen MR) is 126 cm³/mol. The van der Waals surface area contributed by atoms with Gasteiger partial charge in [0, 0.05) is 27.8 Å². The van der Waals surface area contributed by atoms with Crippen LogP contribution in [0.15, 0.2) is 70.0 Å². The summed E-state index contributed by atoms with van der Waals surface area (Å²) < 4.78 is 2.60. The highest BCUT2D eigenvalue weighted by Crippen LogP contribution is 2.30. The van der Waals surface area contributed by atoms with E-state index < -0.39 is 0 Å². The van der Waals surface area contributed by atoms with Crippen LogP contribution >= 0.6 is 45.8 Å². The molecule has 0 aliphatic carbocycles. The maximum Gasteiger partial charge on any atom is 0.276 e. The normalized spacial score (nSPS) is 11.0. The van der Waals surface area contributed by atoms with Crippen molar-refractivity contribution in [2.45, 2.75) is 10.1 Å². The fourth-order valence-electron chi connectivity index (χ4n) is 2.67. The molecule has 11 heteroatoms. The van der Waals surface area contributed by atoms with Crippen LogP contribution in [0.25, 0.3) is 16.3 Å². The smallest absolute Gasteiger partial charge is 0.276 e. The lowest BCUT2D eigenvalue weighted by molar-refractivity contribution is 0.102. The van der Waals surface area contributed by atoms with Crippen molar-refractivity contribution in [1.29, 1.82) is 0 Å². The molecule has 0 spiro atoms. The third-order valence-electron chi connectivity index (χ3n) is 4.13. The number of thiazole rings is 1. The van der Waals surface area contributed by atoms with Crippen LogP contribution in [0.1, 0.15) is 15.4 Å². The van der Waals surface area contributed by atoms with Gasteiger partial charge in [0.05, 0.1) is 11.9 Å². The van der Waals surface area contributed by atoms with E-state index in [-0.39, 0.29) is 5.91 Å². The molecule has 0 fully saturated rings. The lowest BCUT2D eigenvalue weighted by atomic mass is 10.3. The van der Waals surface area contributed by atoms with Gasteiger partial charge < -0.3 is 0 Å². The molecule has 7 nitrogen and oxygen atoms in total. The Kier molecular flexibility index (Phi) is 5.89. The van der Waals surface area contributed by atoms with E-state index in [0.717, 1.165) is 26.4 Å². The van der Waals surface area contributed by atoms with Crippen molar-refractivity contribution >= 4 is 56.8 Å². The molecule has 0 bridgehead atoms. The van der Waals surface area contributed by atoms with Crippen molar-refractivity contribution in [3.05, 3.63) is 76.2 Å². The average Bonchev–Trinajstić information content (AvgIpc) is 3.60. The minimum Gasteiger partial charge on any atom is -0.295 e. The van der Waals surface area contributed by atoms with Gasteiger partial charge in [0.15, 0.2) is 4.34 Å². The highest BCUT2D eigenvalue weighted by atomic mass is 32.2. The van der Waals surface area contributed by atoms with Crippen LogP contribution in [0, 0.1) is 0 Å². The van der Waals surface area contributed by atoms with Crippen LogP contribution in [0.3, 0.4) is 0 Å². The van der Waals surface area contributed by atoms with Crippen molar-refractivity contribution in [1.82, 2.24) is 25.0 Å². The van der Waals surface area contributed by atoms with Gasteiger partial charge in [0.2, 0.25) is 5.13 Å². The summed E-state index contributed by atoms with van der Waals surface area (Å²) in [7, 11) is 0. The molecule has 0 radical (unpaired) electrons. The summed E-state index contributed by atoms with van der Waals surface area (Å²) in [4.78, 5) is 18.3. The zero-order chi connectivity index (χ0) is 21.0. The van der Waals surface area contributed by atoms with Crippen molar-refractivity contribution in [3.8, 4) is 16.3 Å². The first-order valence-corrected chi connectivity index (χ1v) is 12.7. The molecule has 4 heterocycles. The Morgan fingerprint density at radius 3 is 2.84 bits per heavy atom. The Hall–Kier alpha value is -2.86. The summed E-state index contributed by atoms with van der Waals surface area (Å²) in [6.45, 7) is 0. The first-order chi connectivity index (χ1) is 15.2. The lowest BCUT2D eigenvalue weighted by Crippen LogP contribution is -2.12. The van der Waals surface area contributed by atoms with E-state index in [1.54, 1.807) is 39.4 Å². The molecule has 0 atom stereocenters. The predicted octanol–water partition coefficient (Wildman–Crippen LogP) is 5.45. The van der Waals surface area contributed by atoms with Gasteiger partial charge in [-0.3, -0.25) is 10.1 Å². The van der Waals surface area contributed by atoms with Gasteiger partial charge in [-0.25, -0.2) is 9.67 Å². The first-order valence-electron chi connectivity index (χ1n) is 9.10. The number of para-hydroxylation sites is 1. The van der Waals surface area contributed by atoms with Gasteiger partial charge in [-0.2, -0.15) is 5.10 Å². The zero-order valence-electron chi connectivity index (χ0n) is 15.8. The number of rotatable bonds is 7. The van der Waals surface area contributed by atoms with Crippen LogP contribution in [-0.2, 0) is 5.75 Å². The Balaban J connectivity index is 1.23. The number of amides is 1. The highest BCUT2D eigenvalue weighted by Gasteiger charge is 2.16. The number of thioether (sulfide) groups is 1. The second kappa shape index (κ2) is 9.10. The summed E-state index contributed by atoms with van der Waals surface area (Å²) in [6.07, 6.45) is 3.65. The van der Waals surface area contributed by atoms with Gasteiger partial charge in [-0.05, 0) is 23.6 Å². The average molecular weight is 483 g/mol. The zero-order valence-corrected chi connectivity index (χ0v) is 19.1. The number of nitrogens with one attached hydrogen (secondary N) is 1. The summed E-state index contributed by atoms with van der Waals surface area (Å²) in [5.74, 6) is 0.538. The minimum atomic E-state index is -0.302. The van der Waals surface area contributed by atoms with Crippen molar-refractivity contribution < 1.29 is 4.79 Å². The lowest BCUT2D eigenvalue weighted by Gasteiger charge is -1.98. The minimum absolute atomic E-state index is 0.302. The molecule has 5 rings (SSSR count). The molecule has 0 saturated carbocycles. The quantitative estimate of drug-likeness (QED) is 0.245. The van der Waals surface area contributed by atoms with E-state index in [2.05, 4.69) is 37.0 Å². The third kappa shape index (κ3) is 4.74. The van der Waals surface area contributed by atoms with E-state index in [9.17, 15) is 4.79 Å². The van der Waals surface area contributed by atoms with E-state index in [4.69, 9.17) is 0 Å². The van der Waals surface area contributed by atoms with Gasteiger partial charge in [0.1, 0.15) is 10.7 Å². The molecule has 4 aromatic heterocycles. The Morgan fingerprint density at radius 1 is 1.10 bits per heavy atom. The molecule has 31 heavy (non-hydrogen) atoms. The standard InChI is InChI=1S/C20H14N6OS4/c27-17(23-19-24-25-20(31-19)30-11-15-7-4-8-28-15)16-12-29-18(22-16)13-9-21-26(10-13)14-5-2-1-3-6-14/h1-10,12H,11H2,(H,23,24,27). The molecule has 1 amide bonds. The molecule has 1 N–H and O–H groups in total. The number of carbonyl (C=O) groups is 1. The molecular formula is C20H14N6OS4. The van der Waals surface area contributed by atoms with Crippen LogP contribution in [0.5, 0.6) is 0 Å². The summed E-state index contributed by atoms with van der Waals surface area (Å²) in [5.41, 5.74) is 2.17. The Bertz CT molecular complexity index is 1290. The van der Waals surface area contributed by atoms with Crippen LogP contribution < -0.4 is 5.32 Å². The van der Waals surface area contributed by atoms with Crippen molar-refractivity contribution in [2.24, 2.45) is 0 Å². The number of carbonyl (C=O) groups excluding carboxylic acids is 1. The number of thiophene rings is 1. The molecule has 0 saturated heterocycles. The summed E-state index contributed by atoms with van der Waals surface area (Å²) >= 11 is 6.07. The highest BCUT2D eigenvalue weighted by molar-refractivity contribution is 8.00. The van der Waals surface area contributed by atoms with E-state index >= 15 is 0 Å². The number of anilines is 1. The van der Waals surface area contributed by atoms with E-state index in [0.29, 0.717) is 10.8 Å². The molecule has 0 unspecified atom stereocenters. The number of nitrogens with zero attached hydrogens (tertiary/aromatic N) is 5. The third-order valence-corrected chi connectivity index (χ3v) is 8.10. The first kappa shape index (κ1) is 20.1. The molecule has 5 aromatic rings. The number of benzene rings is 1. The number of aromatic nitrogens is 5. The number of hydrogen-bond acceptors (Lipinski definition) is 9. The topological polar surface area (TPSA) is 85.6 Å². The molecule has 0 aliphatic rings.